The minimum Gasteiger partial charge on any atom is -0.383 e. The van der Waals surface area contributed by atoms with Crippen LogP contribution in [0, 0.1) is 3.57 Å². The minimum atomic E-state index is -0.122. The third-order valence-corrected chi connectivity index (χ3v) is 7.25. The highest BCUT2D eigenvalue weighted by Gasteiger charge is 2.15. The van der Waals surface area contributed by atoms with Crippen molar-refractivity contribution in [1.29, 1.82) is 0 Å². The van der Waals surface area contributed by atoms with Crippen molar-refractivity contribution in [2.75, 3.05) is 11.1 Å². The van der Waals surface area contributed by atoms with Gasteiger partial charge in [-0.15, -0.1) is 11.3 Å². The Hall–Kier alpha value is -2.97. The van der Waals surface area contributed by atoms with E-state index in [-0.39, 0.29) is 5.91 Å². The number of hydrogen-bond acceptors (Lipinski definition) is 4. The molecule has 0 aliphatic carbocycles. The molecule has 2 heterocycles. The van der Waals surface area contributed by atoms with Crippen molar-refractivity contribution in [3.63, 3.8) is 0 Å². The van der Waals surface area contributed by atoms with E-state index in [2.05, 4.69) is 44.3 Å². The van der Waals surface area contributed by atoms with E-state index in [9.17, 15) is 4.79 Å². The van der Waals surface area contributed by atoms with Gasteiger partial charge in [0.05, 0.1) is 4.70 Å². The van der Waals surface area contributed by atoms with Crippen LogP contribution in [0.4, 0.5) is 11.5 Å². The van der Waals surface area contributed by atoms with Gasteiger partial charge in [0.1, 0.15) is 5.82 Å². The number of halogens is 1. The van der Waals surface area contributed by atoms with E-state index in [0.717, 1.165) is 41.2 Å². The van der Waals surface area contributed by atoms with Crippen molar-refractivity contribution in [2.24, 2.45) is 0 Å². The van der Waals surface area contributed by atoms with Crippen LogP contribution in [0.3, 0.4) is 0 Å². The third kappa shape index (κ3) is 3.32. The molecule has 1 amide bonds. The molecule has 5 rings (SSSR count). The smallest absolute Gasteiger partial charge is 0.256 e. The molecule has 3 aromatic carbocycles. The number of anilines is 2. The monoisotopic (exact) mass is 521 g/mol. The summed E-state index contributed by atoms with van der Waals surface area (Å²) in [5.74, 6) is 0.418. The van der Waals surface area contributed by atoms with Crippen LogP contribution in [0.2, 0.25) is 0 Å². The maximum Gasteiger partial charge on any atom is 0.256 e. The molecule has 0 bridgehead atoms. The van der Waals surface area contributed by atoms with Crippen LogP contribution in [0.1, 0.15) is 10.4 Å². The van der Waals surface area contributed by atoms with Gasteiger partial charge in [-0.25, -0.2) is 4.98 Å². The van der Waals surface area contributed by atoms with Gasteiger partial charge in [-0.05, 0) is 68.6 Å². The quantitative estimate of drug-likeness (QED) is 0.265. The first-order valence-electron chi connectivity index (χ1n) is 9.32. The Labute approximate surface area is 190 Å². The van der Waals surface area contributed by atoms with E-state index in [4.69, 9.17) is 5.73 Å². The topological polar surface area (TPSA) is 68.0 Å². The zero-order valence-corrected chi connectivity index (χ0v) is 18.7. The van der Waals surface area contributed by atoms with Gasteiger partial charge in [-0.3, -0.25) is 4.79 Å². The maximum atomic E-state index is 12.9. The van der Waals surface area contributed by atoms with E-state index >= 15 is 0 Å². The second kappa shape index (κ2) is 7.70. The predicted octanol–water partition coefficient (Wildman–Crippen LogP) is 6.56. The minimum absolute atomic E-state index is 0.122. The molecule has 5 aromatic rings. The number of nitrogens with one attached hydrogen (secondary N) is 1. The largest absolute Gasteiger partial charge is 0.383 e. The van der Waals surface area contributed by atoms with E-state index in [1.807, 2.05) is 60.7 Å². The molecule has 3 N–H and O–H groups in total. The molecule has 0 spiro atoms. The average molecular weight is 521 g/mol. The van der Waals surface area contributed by atoms with Crippen LogP contribution in [0.15, 0.2) is 78.3 Å². The summed E-state index contributed by atoms with van der Waals surface area (Å²) in [7, 11) is 0. The van der Waals surface area contributed by atoms with Crippen molar-refractivity contribution < 1.29 is 4.79 Å². The van der Waals surface area contributed by atoms with Crippen molar-refractivity contribution in [3.8, 4) is 11.1 Å². The van der Waals surface area contributed by atoms with Gasteiger partial charge >= 0.3 is 0 Å². The van der Waals surface area contributed by atoms with E-state index in [0.29, 0.717) is 11.4 Å². The molecule has 2 aromatic heterocycles. The third-order valence-electron chi connectivity index (χ3n) is 5.05. The molecule has 0 atom stereocenters. The van der Waals surface area contributed by atoms with Crippen molar-refractivity contribution in [1.82, 2.24) is 4.98 Å². The molecule has 0 saturated heterocycles. The Morgan fingerprint density at radius 2 is 1.87 bits per heavy atom. The SMILES string of the molecule is Nc1ncc(I)c2scc(-c3ccc4c(C(=O)Nc5ccccc5)cccc4c3)c12. The normalized spacial score (nSPS) is 11.1. The molecule has 0 aliphatic rings. The summed E-state index contributed by atoms with van der Waals surface area (Å²) in [5.41, 5.74) is 9.75. The van der Waals surface area contributed by atoms with Gasteiger partial charge < -0.3 is 11.1 Å². The standard InChI is InChI=1S/C24H16IN3OS/c25-20-12-27-23(26)21-19(13-30-22(20)21)15-9-10-17-14(11-15)5-4-8-18(17)24(29)28-16-6-2-1-3-7-16/h1-13H,(H2,26,27)(H,28,29). The van der Waals surface area contributed by atoms with Crippen molar-refractivity contribution in [3.05, 3.63) is 87.4 Å². The lowest BCUT2D eigenvalue weighted by Gasteiger charge is -2.10. The predicted molar refractivity (Wildman–Crippen MR) is 134 cm³/mol. The molecule has 4 nitrogen and oxygen atoms in total. The van der Waals surface area contributed by atoms with Gasteiger partial charge in [-0.2, -0.15) is 0 Å². The van der Waals surface area contributed by atoms with Gasteiger partial charge in [0.25, 0.3) is 5.91 Å². The number of rotatable bonds is 3. The lowest BCUT2D eigenvalue weighted by atomic mass is 9.98. The van der Waals surface area contributed by atoms with Crippen LogP contribution < -0.4 is 11.1 Å². The zero-order chi connectivity index (χ0) is 20.7. The van der Waals surface area contributed by atoms with Crippen molar-refractivity contribution >= 4 is 72.2 Å². The summed E-state index contributed by atoms with van der Waals surface area (Å²) >= 11 is 3.96. The van der Waals surface area contributed by atoms with Gasteiger partial charge in [0, 0.05) is 32.0 Å². The molecule has 6 heteroatoms. The number of carbonyl (C=O) groups excluding carboxylic acids is 1. The molecule has 0 aliphatic heterocycles. The first-order chi connectivity index (χ1) is 14.6. The number of para-hydroxylation sites is 1. The summed E-state index contributed by atoms with van der Waals surface area (Å²) in [5, 5.41) is 8.00. The highest BCUT2D eigenvalue weighted by Crippen LogP contribution is 2.39. The van der Waals surface area contributed by atoms with Gasteiger partial charge in [-0.1, -0.05) is 42.5 Å². The molecular formula is C24H16IN3OS. The average Bonchev–Trinajstić information content (AvgIpc) is 3.23. The Morgan fingerprint density at radius 3 is 2.70 bits per heavy atom. The number of benzene rings is 3. The Bertz CT molecular complexity index is 1410. The molecule has 0 radical (unpaired) electrons. The molecule has 0 fully saturated rings. The van der Waals surface area contributed by atoms with Crippen LogP contribution in [0.25, 0.3) is 32.0 Å². The number of fused-ring (bicyclic) bond motifs is 2. The molecule has 146 valence electrons. The summed E-state index contributed by atoms with van der Waals surface area (Å²) in [6.45, 7) is 0. The van der Waals surface area contributed by atoms with Crippen LogP contribution >= 0.6 is 33.9 Å². The summed E-state index contributed by atoms with van der Waals surface area (Å²) in [6, 6.07) is 21.4. The van der Waals surface area contributed by atoms with Crippen LogP contribution in [-0.4, -0.2) is 10.9 Å². The lowest BCUT2D eigenvalue weighted by Crippen LogP contribution is -2.12. The van der Waals surface area contributed by atoms with Crippen LogP contribution in [0.5, 0.6) is 0 Å². The fourth-order valence-electron chi connectivity index (χ4n) is 3.62. The zero-order valence-electron chi connectivity index (χ0n) is 15.7. The fraction of sp³-hybridized carbons (Fsp3) is 0. The van der Waals surface area contributed by atoms with Crippen molar-refractivity contribution in [2.45, 2.75) is 0 Å². The Balaban J connectivity index is 1.58. The number of nitrogens with zero attached hydrogens (tertiary/aromatic N) is 1. The highest BCUT2D eigenvalue weighted by molar-refractivity contribution is 14.1. The summed E-state index contributed by atoms with van der Waals surface area (Å²) in [6.07, 6.45) is 1.80. The van der Waals surface area contributed by atoms with Crippen LogP contribution in [-0.2, 0) is 0 Å². The second-order valence-electron chi connectivity index (χ2n) is 6.91. The molecule has 0 unspecified atom stereocenters. The molecular weight excluding hydrogens is 505 g/mol. The maximum absolute atomic E-state index is 12.9. The Kier molecular flexibility index (Phi) is 4.88. The van der Waals surface area contributed by atoms with E-state index in [1.54, 1.807) is 17.5 Å². The number of hydrogen-bond donors (Lipinski definition) is 2. The second-order valence-corrected chi connectivity index (χ2v) is 8.95. The molecule has 30 heavy (non-hydrogen) atoms. The number of thiophene rings is 1. The van der Waals surface area contributed by atoms with E-state index in [1.165, 1.54) is 0 Å². The van der Waals surface area contributed by atoms with Gasteiger partial charge in [0.15, 0.2) is 0 Å². The number of nitrogen functional groups attached to an aromatic ring is 1. The van der Waals surface area contributed by atoms with E-state index < -0.39 is 0 Å². The fourth-order valence-corrected chi connectivity index (χ4v) is 5.40. The van der Waals surface area contributed by atoms with Gasteiger partial charge in [0.2, 0.25) is 0 Å². The number of aromatic nitrogens is 1. The first kappa shape index (κ1) is 19.0. The number of pyridine rings is 1. The number of amides is 1. The number of nitrogens with two attached hydrogens (primary N) is 1. The highest BCUT2D eigenvalue weighted by atomic mass is 127. The number of carbonyl (C=O) groups is 1. The molecule has 0 saturated carbocycles. The first-order valence-corrected chi connectivity index (χ1v) is 11.3. The lowest BCUT2D eigenvalue weighted by molar-refractivity contribution is 0.102. The summed E-state index contributed by atoms with van der Waals surface area (Å²) in [4.78, 5) is 17.2. The Morgan fingerprint density at radius 1 is 1.03 bits per heavy atom. The summed E-state index contributed by atoms with van der Waals surface area (Å²) < 4.78 is 2.24.